The molecule has 1 aromatic rings. The van der Waals surface area contributed by atoms with Crippen molar-refractivity contribution in [2.24, 2.45) is 11.3 Å². The van der Waals surface area contributed by atoms with Crippen LogP contribution in [0.25, 0.3) is 0 Å². The Hall–Kier alpha value is -0.890. The fraction of sp³-hybridized carbons (Fsp3) is 0.647. The summed E-state index contributed by atoms with van der Waals surface area (Å²) in [6.07, 6.45) is 3.73. The van der Waals surface area contributed by atoms with Crippen molar-refractivity contribution in [3.05, 3.63) is 35.1 Å². The summed E-state index contributed by atoms with van der Waals surface area (Å²) in [5.74, 6) is 0.692. The Morgan fingerprint density at radius 3 is 2.58 bits per heavy atom. The molecule has 0 spiro atoms. The first-order valence-corrected chi connectivity index (χ1v) is 7.39. The van der Waals surface area contributed by atoms with Crippen molar-refractivity contribution in [3.8, 4) is 0 Å². The fourth-order valence-electron chi connectivity index (χ4n) is 2.86. The van der Waals surface area contributed by atoms with Gasteiger partial charge in [-0.3, -0.25) is 0 Å². The van der Waals surface area contributed by atoms with Gasteiger partial charge in [0.1, 0.15) is 5.82 Å². The highest BCUT2D eigenvalue weighted by atomic mass is 19.1. The van der Waals surface area contributed by atoms with Gasteiger partial charge in [0.25, 0.3) is 0 Å². The van der Waals surface area contributed by atoms with E-state index in [9.17, 15) is 4.39 Å². The number of halogens is 1. The monoisotopic (exact) mass is 263 g/mol. The molecule has 2 heteroatoms. The van der Waals surface area contributed by atoms with Gasteiger partial charge in [-0.1, -0.05) is 26.8 Å². The van der Waals surface area contributed by atoms with Gasteiger partial charge in [-0.25, -0.2) is 4.39 Å². The Morgan fingerprint density at radius 1 is 1.37 bits per heavy atom. The average Bonchev–Trinajstić information content (AvgIpc) is 3.15. The van der Waals surface area contributed by atoms with E-state index in [-0.39, 0.29) is 5.82 Å². The van der Waals surface area contributed by atoms with Crippen LogP contribution >= 0.6 is 0 Å². The van der Waals surface area contributed by atoms with Crippen molar-refractivity contribution in [2.75, 3.05) is 6.54 Å². The van der Waals surface area contributed by atoms with Gasteiger partial charge < -0.3 is 5.32 Å². The van der Waals surface area contributed by atoms with Crippen LogP contribution in [-0.4, -0.2) is 12.6 Å². The zero-order chi connectivity index (χ0) is 14.0. The molecule has 1 aliphatic rings. The van der Waals surface area contributed by atoms with E-state index in [2.05, 4.69) is 26.1 Å². The number of hydrogen-bond donors (Lipinski definition) is 1. The molecule has 0 aliphatic heterocycles. The van der Waals surface area contributed by atoms with Gasteiger partial charge in [-0.2, -0.15) is 0 Å². The summed E-state index contributed by atoms with van der Waals surface area (Å²) in [4.78, 5) is 0. The lowest BCUT2D eigenvalue weighted by atomic mass is 9.78. The molecule has 0 heterocycles. The maximum absolute atomic E-state index is 13.2. The van der Waals surface area contributed by atoms with E-state index < -0.39 is 0 Å². The van der Waals surface area contributed by atoms with Crippen molar-refractivity contribution in [1.29, 1.82) is 0 Å². The molecule has 0 radical (unpaired) electrons. The predicted octanol–water partition coefficient (Wildman–Crippen LogP) is 4.09. The van der Waals surface area contributed by atoms with Gasteiger partial charge in [0.2, 0.25) is 0 Å². The van der Waals surface area contributed by atoms with E-state index in [4.69, 9.17) is 0 Å². The number of aryl methyl sites for hydroxylation is 1. The zero-order valence-electron chi connectivity index (χ0n) is 12.6. The average molecular weight is 263 g/mol. The van der Waals surface area contributed by atoms with Crippen LogP contribution in [0.5, 0.6) is 0 Å². The summed E-state index contributed by atoms with van der Waals surface area (Å²) in [7, 11) is 0. The van der Waals surface area contributed by atoms with Gasteiger partial charge in [0, 0.05) is 12.6 Å². The Kier molecular flexibility index (Phi) is 4.29. The second kappa shape index (κ2) is 5.62. The molecule has 1 unspecified atom stereocenters. The van der Waals surface area contributed by atoms with E-state index in [0.29, 0.717) is 11.5 Å². The summed E-state index contributed by atoms with van der Waals surface area (Å²) >= 11 is 0. The van der Waals surface area contributed by atoms with Crippen LogP contribution in [0, 0.1) is 24.1 Å². The second-order valence-electron chi connectivity index (χ2n) is 6.71. The second-order valence-corrected chi connectivity index (χ2v) is 6.71. The van der Waals surface area contributed by atoms with Crippen LogP contribution in [-0.2, 0) is 6.42 Å². The molecule has 1 aromatic carbocycles. The topological polar surface area (TPSA) is 12.0 Å². The number of hydrogen-bond acceptors (Lipinski definition) is 1. The van der Waals surface area contributed by atoms with Gasteiger partial charge in [-0.15, -0.1) is 0 Å². The Morgan fingerprint density at radius 2 is 2.05 bits per heavy atom. The summed E-state index contributed by atoms with van der Waals surface area (Å²) in [6.45, 7) is 9.82. The van der Waals surface area contributed by atoms with Gasteiger partial charge in [0.15, 0.2) is 0 Å². The van der Waals surface area contributed by atoms with Crippen LogP contribution in [0.3, 0.4) is 0 Å². The molecule has 2 rings (SSSR count). The molecule has 0 amide bonds. The summed E-state index contributed by atoms with van der Waals surface area (Å²) in [5.41, 5.74) is 2.67. The largest absolute Gasteiger partial charge is 0.314 e. The Bertz CT molecular complexity index is 437. The first-order valence-electron chi connectivity index (χ1n) is 7.39. The molecule has 1 saturated carbocycles. The predicted molar refractivity (Wildman–Crippen MR) is 78.8 cm³/mol. The molecule has 0 aromatic heterocycles. The third-order valence-corrected chi connectivity index (χ3v) is 4.38. The lowest BCUT2D eigenvalue weighted by Crippen LogP contribution is -2.38. The molecule has 0 bridgehead atoms. The zero-order valence-corrected chi connectivity index (χ0v) is 12.6. The first kappa shape index (κ1) is 14.5. The van der Waals surface area contributed by atoms with Crippen LogP contribution < -0.4 is 5.32 Å². The first-order chi connectivity index (χ1) is 8.90. The molecule has 1 nitrogen and oxygen atoms in total. The maximum atomic E-state index is 13.2. The van der Waals surface area contributed by atoms with Crippen molar-refractivity contribution in [3.63, 3.8) is 0 Å². The van der Waals surface area contributed by atoms with Crippen molar-refractivity contribution >= 4 is 0 Å². The summed E-state index contributed by atoms with van der Waals surface area (Å²) < 4.78 is 13.2. The summed E-state index contributed by atoms with van der Waals surface area (Å²) in [6, 6.07) is 5.72. The molecule has 1 aliphatic carbocycles. The lowest BCUT2D eigenvalue weighted by Gasteiger charge is -2.32. The Labute approximate surface area is 116 Å². The molecule has 1 N–H and O–H groups in total. The van der Waals surface area contributed by atoms with E-state index in [0.717, 1.165) is 24.4 Å². The highest BCUT2D eigenvalue weighted by Crippen LogP contribution is 2.47. The smallest absolute Gasteiger partial charge is 0.123 e. The van der Waals surface area contributed by atoms with Gasteiger partial charge in [0.05, 0.1) is 0 Å². The Balaban J connectivity index is 2.11. The molecule has 106 valence electrons. The van der Waals surface area contributed by atoms with Gasteiger partial charge in [-0.05, 0) is 60.8 Å². The molecule has 19 heavy (non-hydrogen) atoms. The van der Waals surface area contributed by atoms with Crippen molar-refractivity contribution in [2.45, 2.75) is 53.0 Å². The van der Waals surface area contributed by atoms with E-state index in [1.54, 1.807) is 12.1 Å². The fourth-order valence-corrected chi connectivity index (χ4v) is 2.86. The summed E-state index contributed by atoms with van der Waals surface area (Å²) in [5, 5.41) is 3.58. The standard InChI is InChI=1S/C17H26FN/c1-12(2)19-11-17(4,15-6-7-15)10-14-5-8-16(18)9-13(14)3/h5,8-9,12,15,19H,6-7,10-11H2,1-4H3. The lowest BCUT2D eigenvalue weighted by molar-refractivity contribution is 0.248. The molecule has 1 fully saturated rings. The number of rotatable bonds is 6. The molecular weight excluding hydrogens is 237 g/mol. The third kappa shape index (κ3) is 3.79. The minimum atomic E-state index is -0.130. The van der Waals surface area contributed by atoms with Crippen LogP contribution in [0.4, 0.5) is 4.39 Å². The van der Waals surface area contributed by atoms with Crippen molar-refractivity contribution < 1.29 is 4.39 Å². The van der Waals surface area contributed by atoms with E-state index in [1.807, 2.05) is 13.0 Å². The van der Waals surface area contributed by atoms with Gasteiger partial charge >= 0.3 is 0 Å². The molecule has 1 atom stereocenters. The minimum Gasteiger partial charge on any atom is -0.314 e. The minimum absolute atomic E-state index is 0.130. The maximum Gasteiger partial charge on any atom is 0.123 e. The third-order valence-electron chi connectivity index (χ3n) is 4.38. The van der Waals surface area contributed by atoms with E-state index >= 15 is 0 Å². The normalized spacial score (nSPS) is 18.6. The number of benzene rings is 1. The van der Waals surface area contributed by atoms with Crippen LogP contribution in [0.1, 0.15) is 44.7 Å². The number of nitrogens with one attached hydrogen (secondary N) is 1. The highest BCUT2D eigenvalue weighted by Gasteiger charge is 2.41. The molecule has 0 saturated heterocycles. The SMILES string of the molecule is Cc1cc(F)ccc1CC(C)(CNC(C)C)C1CC1. The van der Waals surface area contributed by atoms with Crippen molar-refractivity contribution in [1.82, 2.24) is 5.32 Å². The molecular formula is C17H26FN. The quantitative estimate of drug-likeness (QED) is 0.815. The van der Waals surface area contributed by atoms with Crippen LogP contribution in [0.15, 0.2) is 18.2 Å². The highest BCUT2D eigenvalue weighted by molar-refractivity contribution is 5.28. The van der Waals surface area contributed by atoms with E-state index in [1.165, 1.54) is 18.4 Å². The van der Waals surface area contributed by atoms with Crippen LogP contribution in [0.2, 0.25) is 0 Å².